The number of hydrogen-bond acceptors (Lipinski definition) is 4. The fourth-order valence-corrected chi connectivity index (χ4v) is 3.64. The van der Waals surface area contributed by atoms with Crippen LogP contribution in [0.5, 0.6) is 11.5 Å². The lowest BCUT2D eigenvalue weighted by Crippen LogP contribution is -2.11. The van der Waals surface area contributed by atoms with Crippen LogP contribution in [0, 0.1) is 0 Å². The number of hydrogen-bond donors (Lipinski definition) is 1. The molecule has 0 saturated carbocycles. The van der Waals surface area contributed by atoms with Gasteiger partial charge < -0.3 is 10.1 Å². The molecule has 134 valence electrons. The largest absolute Gasteiger partial charge is 0.457 e. The smallest absolute Gasteiger partial charge is 0.226 e. The van der Waals surface area contributed by atoms with Gasteiger partial charge in [-0.2, -0.15) is 0 Å². The van der Waals surface area contributed by atoms with E-state index in [-0.39, 0.29) is 5.91 Å². The molecule has 1 aromatic heterocycles. The number of carbonyl (C=O) groups excluding carboxylic acids is 1. The quantitative estimate of drug-likeness (QED) is 0.474. The van der Waals surface area contributed by atoms with Crippen LogP contribution in [0.4, 0.5) is 5.13 Å². The number of benzene rings is 3. The maximum Gasteiger partial charge on any atom is 0.226 e. The monoisotopic (exact) mass is 374 g/mol. The van der Waals surface area contributed by atoms with Crippen molar-refractivity contribution in [3.8, 4) is 11.5 Å². The Bertz CT molecular complexity index is 1050. The summed E-state index contributed by atoms with van der Waals surface area (Å²) in [4.78, 5) is 16.7. The molecule has 0 aliphatic rings. The van der Waals surface area contributed by atoms with E-state index in [1.165, 1.54) is 11.3 Å². The number of fused-ring (bicyclic) bond motifs is 1. The van der Waals surface area contributed by atoms with Gasteiger partial charge in [0.15, 0.2) is 5.13 Å². The van der Waals surface area contributed by atoms with Gasteiger partial charge in [-0.3, -0.25) is 4.79 Å². The summed E-state index contributed by atoms with van der Waals surface area (Å²) in [6.45, 7) is 0. The summed E-state index contributed by atoms with van der Waals surface area (Å²) in [7, 11) is 0. The lowest BCUT2D eigenvalue weighted by atomic mass is 10.1. The molecule has 1 N–H and O–H groups in total. The van der Waals surface area contributed by atoms with Gasteiger partial charge in [0.05, 0.1) is 10.2 Å². The number of para-hydroxylation sites is 1. The second-order valence-electron chi connectivity index (χ2n) is 6.10. The first kappa shape index (κ1) is 17.2. The molecule has 1 amide bonds. The fraction of sp³-hybridized carbons (Fsp3) is 0.0909. The zero-order valence-electron chi connectivity index (χ0n) is 14.6. The third kappa shape index (κ3) is 4.51. The summed E-state index contributed by atoms with van der Waals surface area (Å²) in [6, 6.07) is 25.4. The number of aromatic nitrogens is 1. The first-order valence-corrected chi connectivity index (χ1v) is 9.55. The van der Waals surface area contributed by atoms with Gasteiger partial charge in [-0.15, -0.1) is 0 Å². The highest BCUT2D eigenvalue weighted by Crippen LogP contribution is 2.31. The van der Waals surface area contributed by atoms with Crippen molar-refractivity contribution in [2.24, 2.45) is 0 Å². The SMILES string of the molecule is O=C(CCc1ccccc1)Nc1nc2ccc(Oc3ccccc3)cc2s1. The van der Waals surface area contributed by atoms with Crippen molar-refractivity contribution < 1.29 is 9.53 Å². The third-order valence-electron chi connectivity index (χ3n) is 4.07. The summed E-state index contributed by atoms with van der Waals surface area (Å²) >= 11 is 1.45. The van der Waals surface area contributed by atoms with Crippen molar-refractivity contribution in [1.29, 1.82) is 0 Å². The molecule has 4 nitrogen and oxygen atoms in total. The van der Waals surface area contributed by atoms with Gasteiger partial charge in [0, 0.05) is 12.5 Å². The van der Waals surface area contributed by atoms with Crippen molar-refractivity contribution in [2.45, 2.75) is 12.8 Å². The Hall–Kier alpha value is -3.18. The summed E-state index contributed by atoms with van der Waals surface area (Å²) < 4.78 is 6.83. The van der Waals surface area contributed by atoms with Gasteiger partial charge in [0.25, 0.3) is 0 Å². The van der Waals surface area contributed by atoms with Crippen molar-refractivity contribution in [3.63, 3.8) is 0 Å². The van der Waals surface area contributed by atoms with E-state index in [2.05, 4.69) is 10.3 Å². The van der Waals surface area contributed by atoms with E-state index in [0.717, 1.165) is 27.3 Å². The Morgan fingerprint density at radius 2 is 1.67 bits per heavy atom. The molecular formula is C22H18N2O2S. The number of amides is 1. The van der Waals surface area contributed by atoms with Crippen LogP contribution in [0.2, 0.25) is 0 Å². The lowest BCUT2D eigenvalue weighted by Gasteiger charge is -2.04. The molecule has 0 bridgehead atoms. The molecule has 0 saturated heterocycles. The number of ether oxygens (including phenoxy) is 1. The highest BCUT2D eigenvalue weighted by atomic mass is 32.1. The predicted octanol–water partition coefficient (Wildman–Crippen LogP) is 5.66. The van der Waals surface area contributed by atoms with E-state index in [1.54, 1.807) is 0 Å². The minimum atomic E-state index is -0.0290. The Labute approximate surface area is 161 Å². The fourth-order valence-electron chi connectivity index (χ4n) is 2.73. The maximum atomic E-state index is 12.2. The van der Waals surface area contributed by atoms with Gasteiger partial charge in [-0.05, 0) is 36.2 Å². The molecule has 5 heteroatoms. The van der Waals surface area contributed by atoms with Gasteiger partial charge in [0.2, 0.25) is 5.91 Å². The molecule has 0 spiro atoms. The predicted molar refractivity (Wildman–Crippen MR) is 110 cm³/mol. The van der Waals surface area contributed by atoms with Crippen molar-refractivity contribution in [1.82, 2.24) is 4.98 Å². The molecule has 0 atom stereocenters. The van der Waals surface area contributed by atoms with Crippen molar-refractivity contribution in [3.05, 3.63) is 84.4 Å². The molecule has 0 aliphatic heterocycles. The van der Waals surface area contributed by atoms with Crippen LogP contribution in [-0.2, 0) is 11.2 Å². The number of nitrogens with one attached hydrogen (secondary N) is 1. The maximum absolute atomic E-state index is 12.2. The zero-order valence-corrected chi connectivity index (χ0v) is 15.4. The summed E-state index contributed by atoms with van der Waals surface area (Å²) in [6.07, 6.45) is 1.15. The molecule has 4 aromatic rings. The van der Waals surface area contributed by atoms with Crippen LogP contribution >= 0.6 is 11.3 Å². The molecule has 1 heterocycles. The highest BCUT2D eigenvalue weighted by molar-refractivity contribution is 7.22. The van der Waals surface area contributed by atoms with Crippen molar-refractivity contribution in [2.75, 3.05) is 5.32 Å². The van der Waals surface area contributed by atoms with E-state index in [4.69, 9.17) is 4.74 Å². The van der Waals surface area contributed by atoms with E-state index >= 15 is 0 Å². The molecule has 0 radical (unpaired) electrons. The number of nitrogens with zero attached hydrogens (tertiary/aromatic N) is 1. The third-order valence-corrected chi connectivity index (χ3v) is 5.00. The number of rotatable bonds is 6. The molecule has 0 aliphatic carbocycles. The van der Waals surface area contributed by atoms with E-state index in [0.29, 0.717) is 18.0 Å². The summed E-state index contributed by atoms with van der Waals surface area (Å²) in [5.41, 5.74) is 2.00. The van der Waals surface area contributed by atoms with Gasteiger partial charge in [-0.25, -0.2) is 4.98 Å². The van der Waals surface area contributed by atoms with Crippen LogP contribution in [0.3, 0.4) is 0 Å². The second kappa shape index (κ2) is 8.01. The molecule has 0 fully saturated rings. The first-order chi connectivity index (χ1) is 13.3. The number of carbonyl (C=O) groups is 1. The highest BCUT2D eigenvalue weighted by Gasteiger charge is 2.09. The molecule has 4 rings (SSSR count). The minimum absolute atomic E-state index is 0.0290. The summed E-state index contributed by atoms with van der Waals surface area (Å²) in [5.74, 6) is 1.51. The van der Waals surface area contributed by atoms with E-state index in [1.807, 2.05) is 78.9 Å². The zero-order chi connectivity index (χ0) is 18.5. The van der Waals surface area contributed by atoms with Gasteiger partial charge in [-0.1, -0.05) is 59.9 Å². The number of thiazole rings is 1. The minimum Gasteiger partial charge on any atom is -0.457 e. The van der Waals surface area contributed by atoms with Crippen LogP contribution in [-0.4, -0.2) is 10.9 Å². The van der Waals surface area contributed by atoms with E-state index < -0.39 is 0 Å². The Morgan fingerprint density at radius 3 is 2.44 bits per heavy atom. The van der Waals surface area contributed by atoms with Crippen LogP contribution in [0.25, 0.3) is 10.2 Å². The van der Waals surface area contributed by atoms with E-state index in [9.17, 15) is 4.79 Å². The number of anilines is 1. The second-order valence-corrected chi connectivity index (χ2v) is 7.13. The standard InChI is InChI=1S/C22H18N2O2S/c25-21(14-11-16-7-3-1-4-8-16)24-22-23-19-13-12-18(15-20(19)27-22)26-17-9-5-2-6-10-17/h1-10,12-13,15H,11,14H2,(H,23,24,25). The van der Waals surface area contributed by atoms with Crippen LogP contribution in [0.15, 0.2) is 78.9 Å². The van der Waals surface area contributed by atoms with Crippen LogP contribution in [0.1, 0.15) is 12.0 Å². The molecule has 27 heavy (non-hydrogen) atoms. The van der Waals surface area contributed by atoms with Gasteiger partial charge in [0.1, 0.15) is 11.5 Å². The Balaban J connectivity index is 1.41. The molecular weight excluding hydrogens is 356 g/mol. The summed E-state index contributed by atoms with van der Waals surface area (Å²) in [5, 5.41) is 3.51. The first-order valence-electron chi connectivity index (χ1n) is 8.73. The Kier molecular flexibility index (Phi) is 5.12. The molecule has 0 unspecified atom stereocenters. The van der Waals surface area contributed by atoms with Crippen molar-refractivity contribution >= 4 is 32.6 Å². The number of aryl methyl sites for hydroxylation is 1. The lowest BCUT2D eigenvalue weighted by molar-refractivity contribution is -0.116. The topological polar surface area (TPSA) is 51.2 Å². The normalized spacial score (nSPS) is 10.7. The van der Waals surface area contributed by atoms with Crippen LogP contribution < -0.4 is 10.1 Å². The van der Waals surface area contributed by atoms with Gasteiger partial charge >= 0.3 is 0 Å². The average molecular weight is 374 g/mol. The molecule has 3 aromatic carbocycles. The average Bonchev–Trinajstić information content (AvgIpc) is 3.09. The Morgan fingerprint density at radius 1 is 0.926 bits per heavy atom.